The SMILES string of the molecule is CC1CCN(c2nc(NC3CCN(Cc4ccccc4)CC3)c3ccccc3n2)CC1.c1ccc(CN2CCC(Nc3nc(N4CCCC4)nc4ccccc34)CC2)cc1.c1ccc(CN2CCC(Nc3nc(N4CCCCCC4)nc4ccccc34)CC2)cc1.c1ccc(CN2CCC(Nc3nc(NN4CCCCC4)nc4ccccc34)CC2)cc1. The van der Waals surface area contributed by atoms with Crippen LogP contribution in [0.1, 0.15) is 151 Å². The molecule has 0 atom stereocenters. The number of benzene rings is 8. The average Bonchev–Trinajstić information content (AvgIpc) is 0.970. The highest BCUT2D eigenvalue weighted by atomic mass is 15.5. The summed E-state index contributed by atoms with van der Waals surface area (Å²) >= 11 is 0. The molecule has 20 rings (SSSR count). The van der Waals surface area contributed by atoms with Crippen molar-refractivity contribution in [3.63, 3.8) is 0 Å². The second-order valence-electron chi connectivity index (χ2n) is 35.2. The summed E-state index contributed by atoms with van der Waals surface area (Å²) in [5, 5.41) is 21.8. The van der Waals surface area contributed by atoms with E-state index in [2.05, 4.69) is 285 Å². The lowest BCUT2D eigenvalue weighted by Gasteiger charge is -2.33. The smallest absolute Gasteiger partial charge is 0.240 e. The van der Waals surface area contributed by atoms with Crippen molar-refractivity contribution in [1.29, 1.82) is 0 Å². The number of para-hydroxylation sites is 4. The van der Waals surface area contributed by atoms with E-state index in [1.54, 1.807) is 0 Å². The molecule has 0 aliphatic carbocycles. The summed E-state index contributed by atoms with van der Waals surface area (Å²) < 4.78 is 0. The predicted molar refractivity (Wildman–Crippen MR) is 503 cm³/mol. The lowest BCUT2D eigenvalue weighted by Crippen LogP contribution is -2.39. The molecule has 8 aliphatic rings. The predicted octanol–water partition coefficient (Wildman–Crippen LogP) is 18.9. The van der Waals surface area contributed by atoms with Crippen molar-refractivity contribution in [2.45, 2.75) is 179 Å². The van der Waals surface area contributed by atoms with Gasteiger partial charge in [-0.05, 0) is 179 Å². The van der Waals surface area contributed by atoms with Crippen LogP contribution in [0.5, 0.6) is 0 Å². The van der Waals surface area contributed by atoms with Crippen LogP contribution in [0.2, 0.25) is 0 Å². The highest BCUT2D eigenvalue weighted by Crippen LogP contribution is 2.34. The van der Waals surface area contributed by atoms with Crippen molar-refractivity contribution in [3.8, 4) is 0 Å². The lowest BCUT2D eigenvalue weighted by atomic mass is 10.00. The van der Waals surface area contributed by atoms with Gasteiger partial charge < -0.3 is 36.0 Å². The van der Waals surface area contributed by atoms with E-state index in [1.807, 2.05) is 6.07 Å². The molecule has 8 aromatic carbocycles. The first-order chi connectivity index (χ1) is 60.3. The van der Waals surface area contributed by atoms with E-state index in [1.165, 1.54) is 92.9 Å². The molecule has 0 unspecified atom stereocenters. The van der Waals surface area contributed by atoms with E-state index in [4.69, 9.17) is 39.9 Å². The normalized spacial score (nSPS) is 18.8. The van der Waals surface area contributed by atoms with E-state index < -0.39 is 0 Å². The van der Waals surface area contributed by atoms with Crippen molar-refractivity contribution < 1.29 is 0 Å². The maximum Gasteiger partial charge on any atom is 0.240 e. The zero-order valence-corrected chi connectivity index (χ0v) is 71.9. The molecule has 636 valence electrons. The Hall–Kier alpha value is -10.7. The molecular formula is C101H127N21. The Kier molecular flexibility index (Phi) is 29.1. The molecule has 8 saturated heterocycles. The van der Waals surface area contributed by atoms with Crippen molar-refractivity contribution in [1.82, 2.24) is 64.5 Å². The number of anilines is 8. The first kappa shape index (κ1) is 83.6. The van der Waals surface area contributed by atoms with E-state index in [0.717, 1.165) is 273 Å². The van der Waals surface area contributed by atoms with Crippen molar-refractivity contribution in [3.05, 3.63) is 241 Å². The Bertz CT molecular complexity index is 5180. The zero-order chi connectivity index (χ0) is 82.3. The topological polar surface area (TPSA) is 189 Å². The number of likely N-dealkylation sites (tertiary alicyclic amines) is 4. The van der Waals surface area contributed by atoms with E-state index in [0.29, 0.717) is 30.1 Å². The third kappa shape index (κ3) is 23.2. The van der Waals surface area contributed by atoms with Crippen molar-refractivity contribution in [2.24, 2.45) is 5.92 Å². The van der Waals surface area contributed by atoms with E-state index in [9.17, 15) is 0 Å². The minimum Gasteiger partial charge on any atom is -0.367 e. The average molecular weight is 1640 g/mol. The van der Waals surface area contributed by atoms with Gasteiger partial charge in [0.2, 0.25) is 23.8 Å². The van der Waals surface area contributed by atoms with Crippen LogP contribution in [0.15, 0.2) is 218 Å². The zero-order valence-electron chi connectivity index (χ0n) is 71.9. The molecule has 21 heteroatoms. The second kappa shape index (κ2) is 42.4. The van der Waals surface area contributed by atoms with Crippen LogP contribution in [-0.2, 0) is 26.2 Å². The number of nitrogens with zero attached hydrogens (tertiary/aromatic N) is 16. The number of fused-ring (bicyclic) bond motifs is 4. The molecule has 0 bridgehead atoms. The number of aromatic nitrogens is 8. The van der Waals surface area contributed by atoms with Gasteiger partial charge in [-0.3, -0.25) is 25.0 Å². The molecular weight excluding hydrogens is 1510 g/mol. The second-order valence-corrected chi connectivity index (χ2v) is 35.2. The van der Waals surface area contributed by atoms with Gasteiger partial charge in [0.05, 0.1) is 22.1 Å². The van der Waals surface area contributed by atoms with E-state index in [-0.39, 0.29) is 0 Å². The van der Waals surface area contributed by atoms with Gasteiger partial charge in [-0.2, -0.15) is 19.9 Å². The molecule has 0 spiro atoms. The molecule has 0 radical (unpaired) electrons. The Morgan fingerprint density at radius 3 is 0.820 bits per heavy atom. The van der Waals surface area contributed by atoms with Crippen LogP contribution in [0.3, 0.4) is 0 Å². The molecule has 12 heterocycles. The first-order valence-electron chi connectivity index (χ1n) is 46.2. The molecule has 0 saturated carbocycles. The maximum atomic E-state index is 5.04. The minimum atomic E-state index is 0.438. The van der Waals surface area contributed by atoms with Crippen LogP contribution >= 0.6 is 0 Å². The number of hydrogen-bond donors (Lipinski definition) is 5. The van der Waals surface area contributed by atoms with Gasteiger partial charge in [0.25, 0.3) is 0 Å². The fraction of sp³-hybridized carbons (Fsp3) is 0.446. The third-order valence-electron chi connectivity index (χ3n) is 26.0. The minimum absolute atomic E-state index is 0.438. The molecule has 12 aromatic rings. The largest absolute Gasteiger partial charge is 0.367 e. The van der Waals surface area contributed by atoms with Crippen molar-refractivity contribution in [2.75, 3.05) is 146 Å². The number of hydrogen-bond acceptors (Lipinski definition) is 21. The highest BCUT2D eigenvalue weighted by molar-refractivity contribution is 5.93. The van der Waals surface area contributed by atoms with Gasteiger partial charge in [-0.25, -0.2) is 24.9 Å². The van der Waals surface area contributed by atoms with Gasteiger partial charge in [0, 0.05) is 177 Å². The Morgan fingerprint density at radius 1 is 0.246 bits per heavy atom. The van der Waals surface area contributed by atoms with Gasteiger partial charge >= 0.3 is 0 Å². The van der Waals surface area contributed by atoms with Gasteiger partial charge in [0.1, 0.15) is 23.3 Å². The summed E-state index contributed by atoms with van der Waals surface area (Å²) in [7, 11) is 0. The standard InChI is InChI=1S/2C26H33N5.C25H32N6.C24H29N5/c1-20-11-17-31(18-12-20)26-28-24-10-6-5-9-23(24)25(29-26)27-22-13-15-30(16-14-22)19-21-7-3-2-4-8-21;1-2-9-17-31(16-8-1)26-28-24-13-7-6-12-23(24)25(29-26)27-22-14-18-30(19-15-22)20-21-10-4-3-5-11-21;1-3-9-20(10-4-1)19-30-17-13-21(14-18-30)26-24-22-11-5-6-12-23(22)27-25(28-24)29-31-15-7-2-8-16-31;1-2-8-19(9-3-1)18-28-16-12-20(13-17-28)25-23-21-10-4-5-11-22(21)26-24(27-23)29-14-6-7-15-29/h2-10,20,22H,11-19H2,1H3,(H,27,28,29);3-7,10-13,22H,1-2,8-9,14-20H2,(H,27,28,29);1,3-6,9-12,21H,2,7-8,13-19H2,(H2,26,27,28,29);1-5,8-11,20H,6-7,12-18H2,(H,25,26,27). The fourth-order valence-corrected chi connectivity index (χ4v) is 18.8. The molecule has 122 heavy (non-hydrogen) atoms. The molecule has 5 N–H and O–H groups in total. The Labute approximate surface area is 723 Å². The van der Waals surface area contributed by atoms with Crippen LogP contribution in [0.4, 0.5) is 47.1 Å². The monoisotopic (exact) mass is 1630 g/mol. The van der Waals surface area contributed by atoms with Gasteiger partial charge in [0.15, 0.2) is 0 Å². The number of nitrogens with one attached hydrogen (secondary N) is 5. The summed E-state index contributed by atoms with van der Waals surface area (Å²) in [5.41, 5.74) is 13.1. The third-order valence-corrected chi connectivity index (χ3v) is 26.0. The quantitative estimate of drug-likeness (QED) is 0.0456. The molecule has 4 aromatic heterocycles. The van der Waals surface area contributed by atoms with Gasteiger partial charge in [-0.15, -0.1) is 0 Å². The fourth-order valence-electron chi connectivity index (χ4n) is 18.8. The summed E-state index contributed by atoms with van der Waals surface area (Å²) in [6.45, 7) is 23.9. The Balaban J connectivity index is 0.000000116. The summed E-state index contributed by atoms with van der Waals surface area (Å²) in [4.78, 5) is 56.6. The summed E-state index contributed by atoms with van der Waals surface area (Å²) in [6, 6.07) is 78.5. The summed E-state index contributed by atoms with van der Waals surface area (Å²) in [6.07, 6.45) is 22.9. The molecule has 0 amide bonds. The summed E-state index contributed by atoms with van der Waals surface area (Å²) in [5.74, 6) is 8.11. The number of piperidine rings is 6. The highest BCUT2D eigenvalue weighted by Gasteiger charge is 2.29. The van der Waals surface area contributed by atoms with Crippen LogP contribution < -0.4 is 41.4 Å². The van der Waals surface area contributed by atoms with Crippen LogP contribution in [0.25, 0.3) is 43.6 Å². The first-order valence-corrected chi connectivity index (χ1v) is 46.2. The lowest BCUT2D eigenvalue weighted by molar-refractivity contribution is 0.211. The van der Waals surface area contributed by atoms with Crippen LogP contribution in [0, 0.1) is 5.92 Å². The number of hydrazine groups is 1. The Morgan fingerprint density at radius 2 is 0.500 bits per heavy atom. The molecule has 8 fully saturated rings. The van der Waals surface area contributed by atoms with E-state index >= 15 is 0 Å². The maximum absolute atomic E-state index is 5.04. The van der Waals surface area contributed by atoms with Crippen molar-refractivity contribution >= 4 is 90.7 Å². The van der Waals surface area contributed by atoms with Gasteiger partial charge in [-0.1, -0.05) is 196 Å². The number of rotatable bonds is 21. The molecule has 21 nitrogen and oxygen atoms in total. The molecule has 8 aliphatic heterocycles. The van der Waals surface area contributed by atoms with Crippen LogP contribution in [-0.4, -0.2) is 193 Å².